The molecule has 4 heteroatoms. The SMILES string of the molecule is [B]C([B])(O)C([CH2+])(C)CC12CCC(c3ccc(N4Cc5ccc(C)cc5C4)cc3)(CC1)C2. The van der Waals surface area contributed by atoms with Gasteiger partial charge in [-0.25, -0.2) is 0 Å². The maximum Gasteiger partial charge on any atom is 0.115 e. The van der Waals surface area contributed by atoms with E-state index in [4.69, 9.17) is 15.7 Å². The van der Waals surface area contributed by atoms with Gasteiger partial charge in [0, 0.05) is 24.2 Å². The van der Waals surface area contributed by atoms with Gasteiger partial charge in [-0.2, -0.15) is 0 Å². The number of benzene rings is 2. The molecule has 2 aliphatic carbocycles. The van der Waals surface area contributed by atoms with Gasteiger partial charge in [-0.15, -0.1) is 0 Å². The Bertz CT molecular complexity index is 981. The summed E-state index contributed by atoms with van der Waals surface area (Å²) in [4.78, 5) is 2.47. The molecule has 2 fully saturated rings. The molecular weight excluding hydrogens is 376 g/mol. The first-order valence-electron chi connectivity index (χ1n) is 11.6. The average Bonchev–Trinajstić information content (AvgIpc) is 3.38. The van der Waals surface area contributed by atoms with Crippen molar-refractivity contribution >= 4 is 21.4 Å². The van der Waals surface area contributed by atoms with Crippen LogP contribution < -0.4 is 4.90 Å². The maximum atomic E-state index is 10.2. The zero-order valence-electron chi connectivity index (χ0n) is 19.0. The van der Waals surface area contributed by atoms with E-state index in [9.17, 15) is 5.11 Å². The molecule has 4 radical (unpaired) electrons. The van der Waals surface area contributed by atoms with Crippen LogP contribution in [0, 0.1) is 24.7 Å². The second-order valence-electron chi connectivity index (χ2n) is 11.2. The smallest absolute Gasteiger partial charge is 0.115 e. The van der Waals surface area contributed by atoms with E-state index in [1.165, 1.54) is 40.8 Å². The predicted molar refractivity (Wildman–Crippen MR) is 129 cm³/mol. The zero-order chi connectivity index (χ0) is 22.1. The maximum absolute atomic E-state index is 10.2. The lowest BCUT2D eigenvalue weighted by Gasteiger charge is -2.39. The molecule has 1 atom stereocenters. The third kappa shape index (κ3) is 3.52. The highest BCUT2D eigenvalue weighted by Gasteiger charge is 2.58. The van der Waals surface area contributed by atoms with Crippen LogP contribution in [0.5, 0.6) is 0 Å². The number of hydrogen-bond acceptors (Lipinski definition) is 2. The van der Waals surface area contributed by atoms with Gasteiger partial charge in [0.2, 0.25) is 0 Å². The largest absolute Gasteiger partial charge is 0.404 e. The average molecular weight is 408 g/mol. The first kappa shape index (κ1) is 21.1. The Morgan fingerprint density at radius 2 is 1.65 bits per heavy atom. The molecule has 1 aliphatic heterocycles. The summed E-state index contributed by atoms with van der Waals surface area (Å²) < 4.78 is 0. The first-order valence-corrected chi connectivity index (χ1v) is 11.6. The van der Waals surface area contributed by atoms with Gasteiger partial charge in [-0.3, -0.25) is 0 Å². The molecule has 2 bridgehead atoms. The van der Waals surface area contributed by atoms with E-state index in [1.54, 1.807) is 0 Å². The lowest BCUT2D eigenvalue weighted by Crippen LogP contribution is -2.48. The number of aliphatic hydroxyl groups is 1. The molecule has 2 aromatic rings. The van der Waals surface area contributed by atoms with Crippen LogP contribution in [0.2, 0.25) is 0 Å². The highest BCUT2D eigenvalue weighted by molar-refractivity contribution is 6.39. The van der Waals surface area contributed by atoms with Crippen molar-refractivity contribution in [3.63, 3.8) is 0 Å². The molecule has 1 N–H and O–H groups in total. The van der Waals surface area contributed by atoms with Crippen molar-refractivity contribution in [1.82, 2.24) is 0 Å². The van der Waals surface area contributed by atoms with Crippen molar-refractivity contribution < 1.29 is 5.11 Å². The lowest BCUT2D eigenvalue weighted by molar-refractivity contribution is 0.0528. The number of anilines is 1. The van der Waals surface area contributed by atoms with Crippen LogP contribution in [0.25, 0.3) is 0 Å². The highest BCUT2D eigenvalue weighted by atomic mass is 16.3. The van der Waals surface area contributed by atoms with Gasteiger partial charge < -0.3 is 10.0 Å². The van der Waals surface area contributed by atoms with Crippen LogP contribution in [-0.2, 0) is 18.5 Å². The molecule has 2 aromatic carbocycles. The molecule has 0 spiro atoms. The summed E-state index contributed by atoms with van der Waals surface area (Å²) in [5.41, 5.74) is 6.69. The standard InChI is InChI=1S/C27H32B2NO/c1-19-4-5-20-15-30(16-21(20)14-19)23-8-6-22(7-9-23)26-12-10-25(18-26,11-13-26)17-24(2,3)27(28,29)31/h4-9,14,31H,2,10-13,15-18H2,1,3H3/q+1. The Kier molecular flexibility index (Phi) is 4.65. The van der Waals surface area contributed by atoms with Crippen LogP contribution in [0.1, 0.15) is 67.7 Å². The topological polar surface area (TPSA) is 23.5 Å². The van der Waals surface area contributed by atoms with Gasteiger partial charge in [0.1, 0.15) is 21.1 Å². The summed E-state index contributed by atoms with van der Waals surface area (Å²) in [6, 6.07) is 16.1. The van der Waals surface area contributed by atoms with Crippen LogP contribution in [0.3, 0.4) is 0 Å². The quantitative estimate of drug-likeness (QED) is 0.560. The van der Waals surface area contributed by atoms with Crippen molar-refractivity contribution in [3.8, 4) is 0 Å². The second kappa shape index (κ2) is 6.85. The van der Waals surface area contributed by atoms with Gasteiger partial charge in [0.25, 0.3) is 0 Å². The Balaban J connectivity index is 1.31. The van der Waals surface area contributed by atoms with Gasteiger partial charge in [0.15, 0.2) is 0 Å². The Morgan fingerprint density at radius 3 is 2.29 bits per heavy atom. The molecule has 156 valence electrons. The molecule has 3 aliphatic rings. The minimum atomic E-state index is -1.75. The van der Waals surface area contributed by atoms with Crippen molar-refractivity contribution in [2.75, 3.05) is 4.90 Å². The van der Waals surface area contributed by atoms with Gasteiger partial charge in [0.05, 0.1) is 6.92 Å². The van der Waals surface area contributed by atoms with Gasteiger partial charge in [-0.05, 0) is 92.0 Å². The lowest BCUT2D eigenvalue weighted by atomic mass is 9.48. The molecule has 2 nitrogen and oxygen atoms in total. The molecule has 2 saturated carbocycles. The number of hydrogen-bond donors (Lipinski definition) is 1. The summed E-state index contributed by atoms with van der Waals surface area (Å²) in [5, 5.41) is 8.47. The number of rotatable bonds is 5. The van der Waals surface area contributed by atoms with Crippen molar-refractivity contribution in [2.24, 2.45) is 10.8 Å². The number of fused-ring (bicyclic) bond motifs is 3. The highest BCUT2D eigenvalue weighted by Crippen LogP contribution is 2.65. The van der Waals surface area contributed by atoms with Gasteiger partial charge >= 0.3 is 0 Å². The fourth-order valence-electron chi connectivity index (χ4n) is 6.66. The molecule has 31 heavy (non-hydrogen) atoms. The van der Waals surface area contributed by atoms with Crippen LogP contribution in [0.15, 0.2) is 42.5 Å². The third-order valence-corrected chi connectivity index (χ3v) is 8.64. The monoisotopic (exact) mass is 408 g/mol. The van der Waals surface area contributed by atoms with E-state index in [2.05, 4.69) is 61.2 Å². The van der Waals surface area contributed by atoms with E-state index < -0.39 is 10.8 Å². The Hall–Kier alpha value is -1.80. The molecule has 0 aromatic heterocycles. The molecule has 1 heterocycles. The van der Waals surface area contributed by atoms with E-state index in [-0.39, 0.29) is 10.8 Å². The van der Waals surface area contributed by atoms with Crippen LogP contribution >= 0.6 is 0 Å². The minimum Gasteiger partial charge on any atom is -0.404 e. The number of aryl methyl sites for hydroxylation is 1. The van der Waals surface area contributed by atoms with E-state index >= 15 is 0 Å². The third-order valence-electron chi connectivity index (χ3n) is 8.64. The normalized spacial score (nSPS) is 29.2. The number of nitrogens with zero attached hydrogens (tertiary/aromatic N) is 1. The van der Waals surface area contributed by atoms with E-state index in [1.807, 2.05) is 6.92 Å². The summed E-state index contributed by atoms with van der Waals surface area (Å²) >= 11 is 0. The minimum absolute atomic E-state index is 0.191. The van der Waals surface area contributed by atoms with Crippen molar-refractivity contribution in [2.45, 2.75) is 76.3 Å². The predicted octanol–water partition coefficient (Wildman–Crippen LogP) is 4.93. The fourth-order valence-corrected chi connectivity index (χ4v) is 6.66. The van der Waals surface area contributed by atoms with Gasteiger partial charge in [-0.1, -0.05) is 35.9 Å². The Morgan fingerprint density at radius 1 is 1.00 bits per heavy atom. The van der Waals surface area contributed by atoms with Crippen molar-refractivity contribution in [3.05, 3.63) is 71.6 Å². The molecule has 0 saturated heterocycles. The molecular formula is C27H32B2NO+. The van der Waals surface area contributed by atoms with E-state index in [0.29, 0.717) is 0 Å². The molecule has 0 amide bonds. The molecule has 5 rings (SSSR count). The summed E-state index contributed by atoms with van der Waals surface area (Å²) in [6.45, 7) is 10.2. The summed E-state index contributed by atoms with van der Waals surface area (Å²) in [7, 11) is 11.7. The Labute approximate surface area is 190 Å². The second-order valence-corrected chi connectivity index (χ2v) is 11.2. The first-order chi connectivity index (χ1) is 14.5. The van der Waals surface area contributed by atoms with E-state index in [0.717, 1.165) is 38.8 Å². The summed E-state index contributed by atoms with van der Waals surface area (Å²) in [6.07, 6.45) is 6.64. The molecule has 1 unspecified atom stereocenters. The van der Waals surface area contributed by atoms with Crippen LogP contribution in [0.4, 0.5) is 5.69 Å². The van der Waals surface area contributed by atoms with Crippen LogP contribution in [-0.4, -0.2) is 26.2 Å². The van der Waals surface area contributed by atoms with Crippen molar-refractivity contribution in [1.29, 1.82) is 0 Å². The fraction of sp³-hybridized carbons (Fsp3) is 0.519. The summed E-state index contributed by atoms with van der Waals surface area (Å²) in [5.74, 6) is 0. The zero-order valence-corrected chi connectivity index (χ0v) is 19.0.